The molecule has 1 aliphatic heterocycles. The third-order valence-electron chi connectivity index (χ3n) is 2.00. The number of nitrogens with zero attached hydrogens (tertiary/aromatic N) is 2. The minimum Gasteiger partial charge on any atom is -0.466 e. The summed E-state index contributed by atoms with van der Waals surface area (Å²) in [4.78, 5) is 3.18. The molecule has 0 fully saturated rings. The van der Waals surface area contributed by atoms with Crippen LogP contribution < -0.4 is 0 Å². The van der Waals surface area contributed by atoms with Gasteiger partial charge in [0, 0.05) is 5.92 Å². The fraction of sp³-hybridized carbons (Fsp3) is 0.333. The molecule has 0 aromatic heterocycles. The Kier molecular flexibility index (Phi) is 3.31. The Morgan fingerprint density at radius 1 is 1.53 bits per heavy atom. The maximum absolute atomic E-state index is 8.77. The van der Waals surface area contributed by atoms with E-state index >= 15 is 0 Å². The van der Waals surface area contributed by atoms with Crippen LogP contribution in [0.3, 0.4) is 0 Å². The molecule has 15 heavy (non-hydrogen) atoms. The zero-order valence-electron chi connectivity index (χ0n) is 9.03. The summed E-state index contributed by atoms with van der Waals surface area (Å²) in [6.07, 6.45) is 3.47. The fourth-order valence-electron chi connectivity index (χ4n) is 1.23. The van der Waals surface area contributed by atoms with Crippen LogP contribution in [0.25, 0.3) is 4.85 Å². The first-order valence-electron chi connectivity index (χ1n) is 4.68. The molecular weight excluding hydrogens is 188 g/mol. The van der Waals surface area contributed by atoms with Crippen LogP contribution in [0.4, 0.5) is 0 Å². The van der Waals surface area contributed by atoms with Crippen LogP contribution in [0.5, 0.6) is 0 Å². The Morgan fingerprint density at radius 2 is 2.20 bits per heavy atom. The minimum absolute atomic E-state index is 0.107. The number of hydrogen-bond acceptors (Lipinski definition) is 2. The van der Waals surface area contributed by atoms with Crippen molar-refractivity contribution in [1.82, 2.24) is 0 Å². The summed E-state index contributed by atoms with van der Waals surface area (Å²) in [6.45, 7) is 12.7. The van der Waals surface area contributed by atoms with E-state index in [0.717, 1.165) is 5.76 Å². The molecule has 0 aromatic rings. The van der Waals surface area contributed by atoms with Gasteiger partial charge in [0.25, 0.3) is 5.70 Å². The number of ether oxygens (including phenoxy) is 1. The van der Waals surface area contributed by atoms with Crippen LogP contribution in [0.15, 0.2) is 34.9 Å². The number of allylic oxidation sites excluding steroid dienone is 6. The summed E-state index contributed by atoms with van der Waals surface area (Å²) in [6, 6.07) is 1.88. The van der Waals surface area contributed by atoms with Gasteiger partial charge in [-0.05, 0) is 24.6 Å². The largest absolute Gasteiger partial charge is 0.466 e. The molecule has 76 valence electrons. The first-order chi connectivity index (χ1) is 7.08. The predicted molar refractivity (Wildman–Crippen MR) is 57.0 cm³/mol. The van der Waals surface area contributed by atoms with Gasteiger partial charge in [-0.1, -0.05) is 13.8 Å². The average molecular weight is 200 g/mol. The third-order valence-corrected chi connectivity index (χ3v) is 2.00. The monoisotopic (exact) mass is 200 g/mol. The SMILES string of the molecule is [C-]#[N+]/C(C#N)=C1/C=C(C)OC(C(C)C)=C1. The van der Waals surface area contributed by atoms with E-state index in [-0.39, 0.29) is 11.6 Å². The molecule has 0 saturated heterocycles. The van der Waals surface area contributed by atoms with E-state index in [1.165, 1.54) is 0 Å². The highest BCUT2D eigenvalue weighted by molar-refractivity contribution is 5.48. The van der Waals surface area contributed by atoms with Crippen LogP contribution in [0.2, 0.25) is 0 Å². The molecule has 0 amide bonds. The molecule has 0 aromatic carbocycles. The average Bonchev–Trinajstić information content (AvgIpc) is 2.18. The van der Waals surface area contributed by atoms with Crippen molar-refractivity contribution in [2.24, 2.45) is 5.92 Å². The normalized spacial score (nSPS) is 18.3. The van der Waals surface area contributed by atoms with Gasteiger partial charge in [0.05, 0.1) is 18.4 Å². The molecule has 0 aliphatic carbocycles. The van der Waals surface area contributed by atoms with Crippen molar-refractivity contribution in [2.45, 2.75) is 20.8 Å². The quantitative estimate of drug-likeness (QED) is 0.481. The molecule has 1 aliphatic rings. The van der Waals surface area contributed by atoms with Gasteiger partial charge in [0.15, 0.2) is 0 Å². The minimum atomic E-state index is 0.107. The topological polar surface area (TPSA) is 37.4 Å². The lowest BCUT2D eigenvalue weighted by molar-refractivity contribution is 0.263. The van der Waals surface area contributed by atoms with Gasteiger partial charge in [-0.15, -0.1) is 0 Å². The molecular formula is C12H12N2O. The molecule has 1 heterocycles. The molecule has 0 spiro atoms. The Balaban J connectivity index is 3.22. The Bertz CT molecular complexity index is 423. The van der Waals surface area contributed by atoms with Crippen molar-refractivity contribution in [3.8, 4) is 6.07 Å². The first-order valence-corrected chi connectivity index (χ1v) is 4.68. The smallest absolute Gasteiger partial charge is 0.269 e. The summed E-state index contributed by atoms with van der Waals surface area (Å²) < 4.78 is 5.49. The molecule has 0 atom stereocenters. The zero-order chi connectivity index (χ0) is 11.4. The first kappa shape index (κ1) is 11.1. The molecule has 0 N–H and O–H groups in total. The van der Waals surface area contributed by atoms with E-state index in [1.54, 1.807) is 12.2 Å². The highest BCUT2D eigenvalue weighted by Crippen LogP contribution is 2.25. The number of nitriles is 1. The van der Waals surface area contributed by atoms with E-state index in [4.69, 9.17) is 16.6 Å². The molecule has 1 rings (SSSR count). The van der Waals surface area contributed by atoms with E-state index < -0.39 is 0 Å². The molecule has 3 nitrogen and oxygen atoms in total. The Labute approximate surface area is 89.8 Å². The van der Waals surface area contributed by atoms with Crippen LogP contribution in [-0.2, 0) is 4.74 Å². The van der Waals surface area contributed by atoms with Gasteiger partial charge < -0.3 is 4.74 Å². The highest BCUT2D eigenvalue weighted by Gasteiger charge is 2.14. The summed E-state index contributed by atoms with van der Waals surface area (Å²) in [5.41, 5.74) is 0.746. The zero-order valence-corrected chi connectivity index (χ0v) is 9.03. The second kappa shape index (κ2) is 4.48. The summed E-state index contributed by atoms with van der Waals surface area (Å²) in [5.74, 6) is 1.75. The van der Waals surface area contributed by atoms with Gasteiger partial charge in [-0.25, -0.2) is 10.1 Å². The van der Waals surface area contributed by atoms with E-state index in [0.29, 0.717) is 11.3 Å². The molecule has 3 heteroatoms. The molecule has 0 bridgehead atoms. The number of hydrogen-bond donors (Lipinski definition) is 0. The van der Waals surface area contributed by atoms with E-state index in [1.807, 2.05) is 26.8 Å². The van der Waals surface area contributed by atoms with Crippen molar-refractivity contribution >= 4 is 0 Å². The lowest BCUT2D eigenvalue weighted by Gasteiger charge is -2.18. The van der Waals surface area contributed by atoms with Crippen LogP contribution in [0, 0.1) is 23.8 Å². The number of rotatable bonds is 1. The van der Waals surface area contributed by atoms with Crippen LogP contribution in [0.1, 0.15) is 20.8 Å². The van der Waals surface area contributed by atoms with Gasteiger partial charge in [-0.2, -0.15) is 0 Å². The Morgan fingerprint density at radius 3 is 2.67 bits per heavy atom. The van der Waals surface area contributed by atoms with Gasteiger partial charge in [-0.3, -0.25) is 0 Å². The standard InChI is InChI=1S/C12H12N2O/c1-8(2)12-6-10(5-9(3)15-12)11(7-13)14-4/h5-6,8H,1-3H3/b11-10-. The van der Waals surface area contributed by atoms with Crippen molar-refractivity contribution in [1.29, 1.82) is 5.26 Å². The molecule has 0 radical (unpaired) electrons. The highest BCUT2D eigenvalue weighted by atomic mass is 16.5. The van der Waals surface area contributed by atoms with Crippen molar-refractivity contribution in [3.63, 3.8) is 0 Å². The third kappa shape index (κ3) is 2.48. The maximum Gasteiger partial charge on any atom is 0.269 e. The second-order valence-electron chi connectivity index (χ2n) is 3.59. The summed E-state index contributed by atoms with van der Waals surface area (Å²) in [5, 5.41) is 8.77. The van der Waals surface area contributed by atoms with Crippen LogP contribution >= 0.6 is 0 Å². The predicted octanol–water partition coefficient (Wildman–Crippen LogP) is 3.16. The van der Waals surface area contributed by atoms with Crippen molar-refractivity contribution in [3.05, 3.63) is 46.4 Å². The molecule has 0 saturated carbocycles. The lowest BCUT2D eigenvalue weighted by atomic mass is 10.0. The van der Waals surface area contributed by atoms with E-state index in [2.05, 4.69) is 4.85 Å². The fourth-order valence-corrected chi connectivity index (χ4v) is 1.23. The molecule has 0 unspecified atom stereocenters. The second-order valence-corrected chi connectivity index (χ2v) is 3.59. The van der Waals surface area contributed by atoms with Gasteiger partial charge in [0.1, 0.15) is 5.76 Å². The van der Waals surface area contributed by atoms with Gasteiger partial charge >= 0.3 is 0 Å². The summed E-state index contributed by atoms with van der Waals surface area (Å²) >= 11 is 0. The van der Waals surface area contributed by atoms with Crippen molar-refractivity contribution < 1.29 is 4.74 Å². The van der Waals surface area contributed by atoms with E-state index in [9.17, 15) is 0 Å². The van der Waals surface area contributed by atoms with Gasteiger partial charge in [0.2, 0.25) is 0 Å². The lowest BCUT2D eigenvalue weighted by Crippen LogP contribution is -2.04. The maximum atomic E-state index is 8.77. The summed E-state index contributed by atoms with van der Waals surface area (Å²) in [7, 11) is 0. The van der Waals surface area contributed by atoms with Crippen LogP contribution in [-0.4, -0.2) is 0 Å². The van der Waals surface area contributed by atoms with Crippen molar-refractivity contribution in [2.75, 3.05) is 0 Å². The Hall–Kier alpha value is -2.00.